The molecule has 1 nitrogen and oxygen atoms in total. The molecule has 0 amide bonds. The summed E-state index contributed by atoms with van der Waals surface area (Å²) in [5, 5.41) is 0. The van der Waals surface area contributed by atoms with Crippen LogP contribution in [0, 0.1) is 11.8 Å². The van der Waals surface area contributed by atoms with Crippen molar-refractivity contribution >= 4 is 5.78 Å². The predicted molar refractivity (Wildman–Crippen MR) is 79.3 cm³/mol. The number of carbonyl (C=O) groups excluding carboxylic acids is 1. The first-order chi connectivity index (χ1) is 8.52. The average Bonchev–Trinajstić information content (AvgIpc) is 2.26. The first kappa shape index (κ1) is 16.4. The van der Waals surface area contributed by atoms with Crippen molar-refractivity contribution in [2.75, 3.05) is 0 Å². The van der Waals surface area contributed by atoms with Crippen LogP contribution < -0.4 is 0 Å². The summed E-state index contributed by atoms with van der Waals surface area (Å²) in [5.41, 5.74) is 2.81. The minimum atomic E-state index is 0.0410. The molecule has 98 valence electrons. The van der Waals surface area contributed by atoms with Gasteiger partial charge in [-0.2, -0.15) is 0 Å². The average molecular weight is 244 g/mol. The highest BCUT2D eigenvalue weighted by atomic mass is 16.1. The molecule has 0 unspecified atom stereocenters. The van der Waals surface area contributed by atoms with E-state index in [1.807, 2.05) is 0 Å². The van der Waals surface area contributed by atoms with E-state index in [2.05, 4.69) is 44.8 Å². The molecule has 0 saturated heterocycles. The van der Waals surface area contributed by atoms with Gasteiger partial charge in [-0.15, -0.1) is 0 Å². The predicted octanol–water partition coefficient (Wildman–Crippen LogP) is 4.61. The Kier molecular flexibility index (Phi) is 9.68. The summed E-state index contributed by atoms with van der Waals surface area (Å²) >= 11 is 0. The van der Waals surface area contributed by atoms with Gasteiger partial charge in [-0.05, 0) is 59.1 Å². The third-order valence-electron chi connectivity index (χ3n) is 2.36. The van der Waals surface area contributed by atoms with Gasteiger partial charge in [0.05, 0.1) is 0 Å². The Morgan fingerprint density at radius 1 is 1.06 bits per heavy atom. The van der Waals surface area contributed by atoms with Crippen LogP contribution in [0.2, 0.25) is 0 Å². The van der Waals surface area contributed by atoms with Crippen molar-refractivity contribution in [3.8, 4) is 11.8 Å². The molecule has 0 aliphatic rings. The number of hydrogen-bond donors (Lipinski definition) is 0. The van der Waals surface area contributed by atoms with Crippen LogP contribution in [0.1, 0.15) is 53.4 Å². The Bertz CT molecular complexity index is 393. The summed E-state index contributed by atoms with van der Waals surface area (Å²) in [6.45, 7) is 7.95. The zero-order chi connectivity index (χ0) is 13.8. The van der Waals surface area contributed by atoms with Crippen LogP contribution in [0.3, 0.4) is 0 Å². The maximum atomic E-state index is 10.6. The van der Waals surface area contributed by atoms with E-state index in [0.717, 1.165) is 25.7 Å². The minimum Gasteiger partial charge on any atom is -0.295 e. The molecule has 0 saturated carbocycles. The molecular formula is C17H24O. The van der Waals surface area contributed by atoms with E-state index < -0.39 is 0 Å². The SMILES string of the molecule is CC(=O)/C=C/C#CCC/C=C(\C)CCC=C(C)C. The lowest BCUT2D eigenvalue weighted by molar-refractivity contribution is -0.112. The van der Waals surface area contributed by atoms with Crippen LogP contribution in [0.25, 0.3) is 0 Å². The highest BCUT2D eigenvalue weighted by molar-refractivity contribution is 5.87. The van der Waals surface area contributed by atoms with Crippen LogP contribution in [0.4, 0.5) is 0 Å². The van der Waals surface area contributed by atoms with E-state index in [1.54, 1.807) is 6.08 Å². The second-order valence-electron chi connectivity index (χ2n) is 4.67. The fourth-order valence-electron chi connectivity index (χ4n) is 1.37. The van der Waals surface area contributed by atoms with Crippen molar-refractivity contribution in [1.29, 1.82) is 0 Å². The molecule has 0 aromatic carbocycles. The molecule has 0 aliphatic heterocycles. The third-order valence-corrected chi connectivity index (χ3v) is 2.36. The molecule has 0 aliphatic carbocycles. The van der Waals surface area contributed by atoms with Crippen molar-refractivity contribution in [2.45, 2.75) is 53.4 Å². The van der Waals surface area contributed by atoms with Crippen LogP contribution in [-0.4, -0.2) is 5.78 Å². The standard InChI is InChI=1S/C17H24O/c1-15(2)11-10-13-16(3)12-8-6-5-7-9-14-17(4)18/h9,11-12,14H,6,8,10,13H2,1-4H3/b14-9+,16-12+. The fraction of sp³-hybridized carbons (Fsp3) is 0.471. The molecule has 0 aromatic rings. The van der Waals surface area contributed by atoms with E-state index >= 15 is 0 Å². The van der Waals surface area contributed by atoms with Crippen molar-refractivity contribution in [3.63, 3.8) is 0 Å². The van der Waals surface area contributed by atoms with E-state index in [-0.39, 0.29) is 5.78 Å². The maximum Gasteiger partial charge on any atom is 0.153 e. The fourth-order valence-corrected chi connectivity index (χ4v) is 1.37. The molecule has 0 aromatic heterocycles. The lowest BCUT2D eigenvalue weighted by Crippen LogP contribution is -1.78. The van der Waals surface area contributed by atoms with Crippen molar-refractivity contribution in [3.05, 3.63) is 35.5 Å². The van der Waals surface area contributed by atoms with Gasteiger partial charge in [0.25, 0.3) is 0 Å². The Balaban J connectivity index is 3.81. The van der Waals surface area contributed by atoms with Gasteiger partial charge in [-0.3, -0.25) is 4.79 Å². The monoisotopic (exact) mass is 244 g/mol. The lowest BCUT2D eigenvalue weighted by atomic mass is 10.1. The summed E-state index contributed by atoms with van der Waals surface area (Å²) in [5.74, 6) is 5.92. The molecule has 18 heavy (non-hydrogen) atoms. The molecule has 0 heterocycles. The first-order valence-corrected chi connectivity index (χ1v) is 6.47. The minimum absolute atomic E-state index is 0.0410. The quantitative estimate of drug-likeness (QED) is 0.289. The maximum absolute atomic E-state index is 10.6. The van der Waals surface area contributed by atoms with Gasteiger partial charge in [-0.1, -0.05) is 35.1 Å². The molecule has 0 bridgehead atoms. The highest BCUT2D eigenvalue weighted by Crippen LogP contribution is 2.08. The molecule has 1 heteroatoms. The highest BCUT2D eigenvalue weighted by Gasteiger charge is 1.88. The van der Waals surface area contributed by atoms with Gasteiger partial charge in [0.15, 0.2) is 5.78 Å². The Hall–Kier alpha value is -1.55. The van der Waals surface area contributed by atoms with E-state index in [1.165, 1.54) is 24.1 Å². The number of carbonyl (C=O) groups is 1. The molecule has 0 N–H and O–H groups in total. The Morgan fingerprint density at radius 2 is 1.78 bits per heavy atom. The van der Waals surface area contributed by atoms with Crippen LogP contribution in [0.15, 0.2) is 35.5 Å². The summed E-state index contributed by atoms with van der Waals surface area (Å²) < 4.78 is 0. The van der Waals surface area contributed by atoms with Gasteiger partial charge < -0.3 is 0 Å². The summed E-state index contributed by atoms with van der Waals surface area (Å²) in [6.07, 6.45) is 11.7. The number of unbranched alkanes of at least 4 members (excludes halogenated alkanes) is 1. The summed E-state index contributed by atoms with van der Waals surface area (Å²) in [6, 6.07) is 0. The van der Waals surface area contributed by atoms with Crippen LogP contribution in [-0.2, 0) is 4.79 Å². The van der Waals surface area contributed by atoms with Gasteiger partial charge in [0.2, 0.25) is 0 Å². The number of rotatable bonds is 6. The molecule has 0 radical (unpaired) electrons. The van der Waals surface area contributed by atoms with Crippen LogP contribution >= 0.6 is 0 Å². The van der Waals surface area contributed by atoms with E-state index in [4.69, 9.17) is 0 Å². The normalized spacial score (nSPS) is 11.0. The Labute approximate surface area is 112 Å². The number of hydrogen-bond acceptors (Lipinski definition) is 1. The summed E-state index contributed by atoms with van der Waals surface area (Å²) in [4.78, 5) is 10.6. The second kappa shape index (κ2) is 10.6. The zero-order valence-corrected chi connectivity index (χ0v) is 12.0. The topological polar surface area (TPSA) is 17.1 Å². The molecule has 0 atom stereocenters. The van der Waals surface area contributed by atoms with Crippen molar-refractivity contribution < 1.29 is 4.79 Å². The van der Waals surface area contributed by atoms with Crippen LogP contribution in [0.5, 0.6) is 0 Å². The lowest BCUT2D eigenvalue weighted by Gasteiger charge is -1.97. The Morgan fingerprint density at radius 3 is 2.39 bits per heavy atom. The van der Waals surface area contributed by atoms with Gasteiger partial charge in [0, 0.05) is 6.42 Å². The second-order valence-corrected chi connectivity index (χ2v) is 4.67. The summed E-state index contributed by atoms with van der Waals surface area (Å²) in [7, 11) is 0. The number of ketones is 1. The molecule has 0 fully saturated rings. The van der Waals surface area contributed by atoms with Crippen molar-refractivity contribution in [2.24, 2.45) is 0 Å². The van der Waals surface area contributed by atoms with Gasteiger partial charge in [-0.25, -0.2) is 0 Å². The van der Waals surface area contributed by atoms with Crippen molar-refractivity contribution in [1.82, 2.24) is 0 Å². The van der Waals surface area contributed by atoms with E-state index in [0.29, 0.717) is 0 Å². The molecule has 0 spiro atoms. The molecule has 0 rings (SSSR count). The third kappa shape index (κ3) is 12.5. The molecular weight excluding hydrogens is 220 g/mol. The first-order valence-electron chi connectivity index (χ1n) is 6.47. The van der Waals surface area contributed by atoms with Gasteiger partial charge >= 0.3 is 0 Å². The largest absolute Gasteiger partial charge is 0.295 e. The zero-order valence-electron chi connectivity index (χ0n) is 12.0. The smallest absolute Gasteiger partial charge is 0.153 e. The van der Waals surface area contributed by atoms with E-state index in [9.17, 15) is 4.79 Å². The number of allylic oxidation sites excluding steroid dienone is 6. The van der Waals surface area contributed by atoms with Gasteiger partial charge in [0.1, 0.15) is 0 Å².